The van der Waals surface area contributed by atoms with Crippen molar-refractivity contribution in [3.8, 4) is 5.75 Å². The molecule has 1 atom stereocenters. The number of nitrogens with one attached hydrogen (secondary N) is 1. The quantitative estimate of drug-likeness (QED) is 0.898. The Kier molecular flexibility index (Phi) is 5.42. The van der Waals surface area contributed by atoms with E-state index in [1.54, 1.807) is 0 Å². The Balaban J connectivity index is 1.52. The lowest BCUT2D eigenvalue weighted by atomic mass is 10.0. The second kappa shape index (κ2) is 7.71. The van der Waals surface area contributed by atoms with Gasteiger partial charge in [0.15, 0.2) is 0 Å². The fraction of sp³-hybridized carbons (Fsp3) is 0.632. The van der Waals surface area contributed by atoms with Gasteiger partial charge in [0.25, 0.3) is 0 Å². The van der Waals surface area contributed by atoms with Gasteiger partial charge in [-0.25, -0.2) is 0 Å². The number of likely N-dealkylation sites (tertiary alicyclic amines) is 1. The van der Waals surface area contributed by atoms with Crippen LogP contribution in [0.25, 0.3) is 0 Å². The predicted molar refractivity (Wildman–Crippen MR) is 92.8 cm³/mol. The second-order valence-electron chi connectivity index (χ2n) is 6.84. The van der Waals surface area contributed by atoms with Crippen molar-refractivity contribution in [3.63, 3.8) is 0 Å². The summed E-state index contributed by atoms with van der Waals surface area (Å²) in [5.41, 5.74) is 0.957. The molecule has 1 N–H and O–H groups in total. The van der Waals surface area contributed by atoms with Gasteiger partial charge in [0.1, 0.15) is 5.75 Å². The van der Waals surface area contributed by atoms with Crippen molar-refractivity contribution in [1.29, 1.82) is 0 Å². The highest BCUT2D eigenvalue weighted by Crippen LogP contribution is 2.25. The standard InChI is InChI=1S/C19H28N2O2/c1-15-7-4-5-12-21(15)19(22)14-20-16-8-6-11-18(13-16)23-17-9-2-3-10-17/h6,8,11,13,15,17,20H,2-5,7,9-10,12,14H2,1H3. The first kappa shape index (κ1) is 16.2. The summed E-state index contributed by atoms with van der Waals surface area (Å²) in [6.07, 6.45) is 8.69. The molecule has 3 rings (SSSR count). The summed E-state index contributed by atoms with van der Waals surface area (Å²) in [4.78, 5) is 14.4. The number of ether oxygens (including phenoxy) is 1. The first-order chi connectivity index (χ1) is 11.2. The lowest BCUT2D eigenvalue weighted by Gasteiger charge is -2.33. The van der Waals surface area contributed by atoms with E-state index in [0.717, 1.165) is 43.7 Å². The maximum atomic E-state index is 12.4. The van der Waals surface area contributed by atoms with Crippen molar-refractivity contribution >= 4 is 11.6 Å². The van der Waals surface area contributed by atoms with Gasteiger partial charge in [-0.05, 0) is 64.0 Å². The van der Waals surface area contributed by atoms with E-state index in [1.165, 1.54) is 19.3 Å². The summed E-state index contributed by atoms with van der Waals surface area (Å²) in [6, 6.07) is 8.35. The van der Waals surface area contributed by atoms with Crippen molar-refractivity contribution in [2.45, 2.75) is 64.0 Å². The number of amides is 1. The Morgan fingerprint density at radius 1 is 1.22 bits per heavy atom. The smallest absolute Gasteiger partial charge is 0.242 e. The van der Waals surface area contributed by atoms with E-state index in [9.17, 15) is 4.79 Å². The summed E-state index contributed by atoms with van der Waals surface area (Å²) in [5.74, 6) is 1.10. The van der Waals surface area contributed by atoms with Crippen LogP contribution in [0.15, 0.2) is 24.3 Å². The lowest BCUT2D eigenvalue weighted by molar-refractivity contribution is -0.132. The van der Waals surface area contributed by atoms with Crippen LogP contribution in [0, 0.1) is 0 Å². The molecule has 1 unspecified atom stereocenters. The van der Waals surface area contributed by atoms with Gasteiger partial charge in [-0.2, -0.15) is 0 Å². The minimum absolute atomic E-state index is 0.194. The summed E-state index contributed by atoms with van der Waals surface area (Å²) < 4.78 is 6.02. The average molecular weight is 316 g/mol. The van der Waals surface area contributed by atoms with Gasteiger partial charge in [0.2, 0.25) is 5.91 Å². The highest BCUT2D eigenvalue weighted by molar-refractivity contribution is 5.81. The number of carbonyl (C=O) groups is 1. The van der Waals surface area contributed by atoms with Crippen LogP contribution in [-0.2, 0) is 4.79 Å². The molecule has 0 aromatic heterocycles. The van der Waals surface area contributed by atoms with Crippen LogP contribution in [0.2, 0.25) is 0 Å². The average Bonchev–Trinajstić information content (AvgIpc) is 3.06. The van der Waals surface area contributed by atoms with Crippen molar-refractivity contribution in [2.75, 3.05) is 18.4 Å². The Morgan fingerprint density at radius 2 is 2.00 bits per heavy atom. The van der Waals surface area contributed by atoms with E-state index in [4.69, 9.17) is 4.74 Å². The maximum Gasteiger partial charge on any atom is 0.242 e. The number of benzene rings is 1. The van der Waals surface area contributed by atoms with Gasteiger partial charge in [0, 0.05) is 24.3 Å². The molecule has 1 aromatic carbocycles. The van der Waals surface area contributed by atoms with Gasteiger partial charge in [-0.15, -0.1) is 0 Å². The van der Waals surface area contributed by atoms with Crippen molar-refractivity contribution in [1.82, 2.24) is 4.90 Å². The Morgan fingerprint density at radius 3 is 2.78 bits per heavy atom. The van der Waals surface area contributed by atoms with Crippen LogP contribution in [0.3, 0.4) is 0 Å². The maximum absolute atomic E-state index is 12.4. The molecule has 1 heterocycles. The Hall–Kier alpha value is -1.71. The Bertz CT molecular complexity index is 526. The zero-order valence-corrected chi connectivity index (χ0v) is 14.1. The molecular weight excluding hydrogens is 288 g/mol. The van der Waals surface area contributed by atoms with Crippen LogP contribution in [0.1, 0.15) is 51.9 Å². The van der Waals surface area contributed by atoms with Gasteiger partial charge in [0.05, 0.1) is 12.6 Å². The van der Waals surface area contributed by atoms with E-state index in [0.29, 0.717) is 18.7 Å². The molecule has 0 bridgehead atoms. The fourth-order valence-corrected chi connectivity index (χ4v) is 3.63. The third kappa shape index (κ3) is 4.40. The molecule has 126 valence electrons. The predicted octanol–water partition coefficient (Wildman–Crippen LogP) is 3.82. The summed E-state index contributed by atoms with van der Waals surface area (Å²) in [5, 5.41) is 3.26. The number of nitrogens with zero attached hydrogens (tertiary/aromatic N) is 1. The molecule has 2 fully saturated rings. The molecule has 1 aliphatic carbocycles. The highest BCUT2D eigenvalue weighted by Gasteiger charge is 2.22. The van der Waals surface area contributed by atoms with Crippen LogP contribution < -0.4 is 10.1 Å². The fourth-order valence-electron chi connectivity index (χ4n) is 3.63. The number of carbonyl (C=O) groups excluding carboxylic acids is 1. The largest absolute Gasteiger partial charge is 0.490 e. The molecule has 4 heteroatoms. The summed E-state index contributed by atoms with van der Waals surface area (Å²) >= 11 is 0. The molecule has 2 aliphatic rings. The number of rotatable bonds is 5. The van der Waals surface area contributed by atoms with Crippen LogP contribution in [-0.4, -0.2) is 36.0 Å². The van der Waals surface area contributed by atoms with Crippen molar-refractivity contribution in [2.24, 2.45) is 0 Å². The molecule has 1 aliphatic heterocycles. The molecule has 1 aromatic rings. The van der Waals surface area contributed by atoms with Crippen LogP contribution >= 0.6 is 0 Å². The van der Waals surface area contributed by atoms with E-state index in [1.807, 2.05) is 29.2 Å². The third-order valence-electron chi connectivity index (χ3n) is 5.01. The lowest BCUT2D eigenvalue weighted by Crippen LogP contribution is -2.44. The molecule has 0 spiro atoms. The number of hydrogen-bond acceptors (Lipinski definition) is 3. The minimum atomic E-state index is 0.194. The van der Waals surface area contributed by atoms with Crippen LogP contribution in [0.5, 0.6) is 5.75 Å². The first-order valence-corrected chi connectivity index (χ1v) is 9.02. The molecule has 0 radical (unpaired) electrons. The molecule has 4 nitrogen and oxygen atoms in total. The van der Waals surface area contributed by atoms with Gasteiger partial charge < -0.3 is 15.0 Å². The van der Waals surface area contributed by atoms with Gasteiger partial charge >= 0.3 is 0 Å². The summed E-state index contributed by atoms with van der Waals surface area (Å²) in [7, 11) is 0. The van der Waals surface area contributed by atoms with Crippen LogP contribution in [0.4, 0.5) is 5.69 Å². The zero-order chi connectivity index (χ0) is 16.1. The van der Waals surface area contributed by atoms with E-state index in [2.05, 4.69) is 12.2 Å². The molecule has 1 saturated carbocycles. The SMILES string of the molecule is CC1CCCCN1C(=O)CNc1cccc(OC2CCCC2)c1. The summed E-state index contributed by atoms with van der Waals surface area (Å²) in [6.45, 7) is 3.40. The first-order valence-electron chi connectivity index (χ1n) is 9.02. The van der Waals surface area contributed by atoms with Crippen molar-refractivity contribution < 1.29 is 9.53 Å². The monoisotopic (exact) mass is 316 g/mol. The van der Waals surface area contributed by atoms with E-state index >= 15 is 0 Å². The topological polar surface area (TPSA) is 41.6 Å². The van der Waals surface area contributed by atoms with E-state index in [-0.39, 0.29) is 5.91 Å². The molecule has 1 amide bonds. The molecular formula is C19H28N2O2. The Labute approximate surface area is 139 Å². The van der Waals surface area contributed by atoms with Gasteiger partial charge in [-0.1, -0.05) is 6.07 Å². The number of anilines is 1. The number of hydrogen-bond donors (Lipinski definition) is 1. The normalized spacial score (nSPS) is 22.1. The van der Waals surface area contributed by atoms with Crippen molar-refractivity contribution in [3.05, 3.63) is 24.3 Å². The zero-order valence-electron chi connectivity index (χ0n) is 14.1. The van der Waals surface area contributed by atoms with E-state index < -0.39 is 0 Å². The molecule has 23 heavy (non-hydrogen) atoms. The van der Waals surface area contributed by atoms with Gasteiger partial charge in [-0.3, -0.25) is 4.79 Å². The number of piperidine rings is 1. The molecule has 1 saturated heterocycles. The third-order valence-corrected chi connectivity index (χ3v) is 5.01. The second-order valence-corrected chi connectivity index (χ2v) is 6.84. The highest BCUT2D eigenvalue weighted by atomic mass is 16.5. The minimum Gasteiger partial charge on any atom is -0.490 e.